The van der Waals surface area contributed by atoms with Crippen molar-refractivity contribution in [3.05, 3.63) is 65.8 Å². The zero-order valence-electron chi connectivity index (χ0n) is 8.72. The first-order valence-corrected chi connectivity index (χ1v) is 4.83. The van der Waals surface area contributed by atoms with Gasteiger partial charge in [0.05, 0.1) is 11.6 Å². The Bertz CT molecular complexity index is 416. The first kappa shape index (κ1) is 11.0. The summed E-state index contributed by atoms with van der Waals surface area (Å²) in [6.07, 6.45) is 9.34. The van der Waals surface area contributed by atoms with Crippen molar-refractivity contribution < 1.29 is 0 Å². The van der Waals surface area contributed by atoms with Crippen LogP contribution in [0.1, 0.15) is 12.5 Å². The maximum Gasteiger partial charge on any atom is 0.0991 e. The van der Waals surface area contributed by atoms with Crippen molar-refractivity contribution in [1.82, 2.24) is 0 Å². The number of nitriles is 1. The number of rotatable bonds is 3. The van der Waals surface area contributed by atoms with E-state index in [0.29, 0.717) is 5.57 Å². The van der Waals surface area contributed by atoms with Gasteiger partial charge in [-0.1, -0.05) is 48.6 Å². The van der Waals surface area contributed by atoms with E-state index in [2.05, 4.69) is 6.07 Å². The number of hydrogen-bond acceptors (Lipinski definition) is 1. The number of allylic oxidation sites excluding steroid dienone is 5. The third-order valence-electron chi connectivity index (χ3n) is 1.83. The highest BCUT2D eigenvalue weighted by Crippen LogP contribution is 2.06. The number of nitrogens with zero attached hydrogens (tertiary/aromatic N) is 1. The average molecular weight is 195 g/mol. The highest BCUT2D eigenvalue weighted by Gasteiger charge is 1.89. The predicted octanol–water partition coefficient (Wildman–Crippen LogP) is 3.73. The summed E-state index contributed by atoms with van der Waals surface area (Å²) in [6.45, 7) is 1.94. The molecule has 0 fully saturated rings. The van der Waals surface area contributed by atoms with Gasteiger partial charge in [0, 0.05) is 0 Å². The van der Waals surface area contributed by atoms with Gasteiger partial charge in [0.1, 0.15) is 0 Å². The van der Waals surface area contributed by atoms with Crippen LogP contribution in [0.15, 0.2) is 60.2 Å². The molecule has 0 bridgehead atoms. The normalized spacial score (nSPS) is 12.1. The number of hydrogen-bond donors (Lipinski definition) is 0. The van der Waals surface area contributed by atoms with Crippen molar-refractivity contribution in [2.75, 3.05) is 0 Å². The summed E-state index contributed by atoms with van der Waals surface area (Å²) in [5, 5.41) is 8.89. The Kier molecular flexibility index (Phi) is 4.69. The van der Waals surface area contributed by atoms with Gasteiger partial charge < -0.3 is 0 Å². The Morgan fingerprint density at radius 2 is 1.93 bits per heavy atom. The molecule has 0 saturated heterocycles. The zero-order chi connectivity index (χ0) is 10.9. The zero-order valence-corrected chi connectivity index (χ0v) is 8.72. The molecular weight excluding hydrogens is 182 g/mol. The van der Waals surface area contributed by atoms with E-state index in [9.17, 15) is 0 Å². The second-order valence-electron chi connectivity index (χ2n) is 3.01. The van der Waals surface area contributed by atoms with Gasteiger partial charge in [-0.05, 0) is 24.6 Å². The highest BCUT2D eigenvalue weighted by molar-refractivity contribution is 5.60. The largest absolute Gasteiger partial charge is 0.192 e. The summed E-state index contributed by atoms with van der Waals surface area (Å²) in [7, 11) is 0. The van der Waals surface area contributed by atoms with Crippen molar-refractivity contribution in [2.24, 2.45) is 0 Å². The molecule has 0 aliphatic rings. The molecule has 1 aromatic rings. The van der Waals surface area contributed by atoms with Gasteiger partial charge in [-0.2, -0.15) is 5.26 Å². The van der Waals surface area contributed by atoms with Crippen LogP contribution in [0.25, 0.3) is 6.08 Å². The SMILES string of the molecule is C\C=C/C=C\C(C#N)=C\c1ccccc1. The summed E-state index contributed by atoms with van der Waals surface area (Å²) in [5.41, 5.74) is 1.69. The third-order valence-corrected chi connectivity index (χ3v) is 1.83. The minimum absolute atomic E-state index is 0.652. The van der Waals surface area contributed by atoms with Crippen molar-refractivity contribution in [3.63, 3.8) is 0 Å². The molecule has 0 aliphatic carbocycles. The first-order valence-electron chi connectivity index (χ1n) is 4.83. The molecule has 0 amide bonds. The molecule has 0 aliphatic heterocycles. The van der Waals surface area contributed by atoms with Crippen LogP contribution < -0.4 is 0 Å². The fourth-order valence-corrected chi connectivity index (χ4v) is 1.12. The van der Waals surface area contributed by atoms with E-state index in [4.69, 9.17) is 5.26 Å². The maximum atomic E-state index is 8.89. The topological polar surface area (TPSA) is 23.8 Å². The second-order valence-corrected chi connectivity index (χ2v) is 3.01. The van der Waals surface area contributed by atoms with Crippen LogP contribution in [0, 0.1) is 11.3 Å². The molecule has 0 saturated carbocycles. The van der Waals surface area contributed by atoms with E-state index in [0.717, 1.165) is 5.56 Å². The van der Waals surface area contributed by atoms with Gasteiger partial charge >= 0.3 is 0 Å². The maximum absolute atomic E-state index is 8.89. The standard InChI is InChI=1S/C14H13N/c1-2-3-5-10-14(12-15)11-13-8-6-4-7-9-13/h2-11H,1H3/b3-2-,10-5-,14-11-. The minimum atomic E-state index is 0.652. The molecule has 0 N–H and O–H groups in total. The van der Waals surface area contributed by atoms with E-state index >= 15 is 0 Å². The second kappa shape index (κ2) is 6.39. The van der Waals surface area contributed by atoms with Gasteiger partial charge in [-0.25, -0.2) is 0 Å². The van der Waals surface area contributed by atoms with E-state index in [1.807, 2.05) is 61.6 Å². The fourth-order valence-electron chi connectivity index (χ4n) is 1.12. The molecular formula is C14H13N. The summed E-state index contributed by atoms with van der Waals surface area (Å²) in [4.78, 5) is 0. The van der Waals surface area contributed by atoms with E-state index in [-0.39, 0.29) is 0 Å². The van der Waals surface area contributed by atoms with Gasteiger partial charge in [0.15, 0.2) is 0 Å². The molecule has 0 atom stereocenters. The third kappa shape index (κ3) is 4.10. The van der Waals surface area contributed by atoms with Crippen LogP contribution in [0.2, 0.25) is 0 Å². The molecule has 15 heavy (non-hydrogen) atoms. The van der Waals surface area contributed by atoms with Crippen LogP contribution in [0.4, 0.5) is 0 Å². The molecule has 74 valence electrons. The lowest BCUT2D eigenvalue weighted by Gasteiger charge is -1.91. The summed E-state index contributed by atoms with van der Waals surface area (Å²) < 4.78 is 0. The predicted molar refractivity (Wildman–Crippen MR) is 64.0 cm³/mol. The van der Waals surface area contributed by atoms with Crippen LogP contribution in [0.5, 0.6) is 0 Å². The van der Waals surface area contributed by atoms with Crippen molar-refractivity contribution >= 4 is 6.08 Å². The Labute approximate surface area is 90.7 Å². The molecule has 0 spiro atoms. The molecule has 0 unspecified atom stereocenters. The quantitative estimate of drug-likeness (QED) is 0.532. The minimum Gasteiger partial charge on any atom is -0.192 e. The van der Waals surface area contributed by atoms with Crippen LogP contribution in [-0.4, -0.2) is 0 Å². The fraction of sp³-hybridized carbons (Fsp3) is 0.0714. The summed E-state index contributed by atoms with van der Waals surface area (Å²) in [5.74, 6) is 0. The summed E-state index contributed by atoms with van der Waals surface area (Å²) in [6, 6.07) is 12.0. The Hall–Kier alpha value is -2.07. The Morgan fingerprint density at radius 1 is 1.20 bits per heavy atom. The molecule has 0 aromatic heterocycles. The average Bonchev–Trinajstić information content (AvgIpc) is 2.29. The van der Waals surface area contributed by atoms with Crippen LogP contribution in [0.3, 0.4) is 0 Å². The van der Waals surface area contributed by atoms with Gasteiger partial charge in [0.25, 0.3) is 0 Å². The first-order chi connectivity index (χ1) is 7.36. The van der Waals surface area contributed by atoms with E-state index < -0.39 is 0 Å². The lowest BCUT2D eigenvalue weighted by atomic mass is 10.1. The smallest absolute Gasteiger partial charge is 0.0991 e. The lowest BCUT2D eigenvalue weighted by Crippen LogP contribution is -1.74. The van der Waals surface area contributed by atoms with E-state index in [1.165, 1.54) is 0 Å². The molecule has 1 nitrogen and oxygen atoms in total. The van der Waals surface area contributed by atoms with Crippen molar-refractivity contribution in [3.8, 4) is 6.07 Å². The molecule has 0 heterocycles. The Balaban J connectivity index is 2.85. The number of benzene rings is 1. The van der Waals surface area contributed by atoms with Crippen molar-refractivity contribution in [1.29, 1.82) is 5.26 Å². The Morgan fingerprint density at radius 3 is 2.53 bits per heavy atom. The van der Waals surface area contributed by atoms with Crippen molar-refractivity contribution in [2.45, 2.75) is 6.92 Å². The van der Waals surface area contributed by atoms with Gasteiger partial charge in [-0.3, -0.25) is 0 Å². The van der Waals surface area contributed by atoms with Gasteiger partial charge in [-0.15, -0.1) is 0 Å². The lowest BCUT2D eigenvalue weighted by molar-refractivity contribution is 1.50. The molecule has 0 radical (unpaired) electrons. The van der Waals surface area contributed by atoms with Crippen LogP contribution >= 0.6 is 0 Å². The van der Waals surface area contributed by atoms with E-state index in [1.54, 1.807) is 6.08 Å². The summed E-state index contributed by atoms with van der Waals surface area (Å²) >= 11 is 0. The molecule has 1 heteroatoms. The highest BCUT2D eigenvalue weighted by atomic mass is 14.2. The molecule has 1 aromatic carbocycles. The molecule has 1 rings (SSSR count). The van der Waals surface area contributed by atoms with Crippen LogP contribution in [-0.2, 0) is 0 Å². The monoisotopic (exact) mass is 195 g/mol. The van der Waals surface area contributed by atoms with Gasteiger partial charge in [0.2, 0.25) is 0 Å².